The van der Waals surface area contributed by atoms with E-state index in [4.69, 9.17) is 0 Å². The van der Waals surface area contributed by atoms with Gasteiger partial charge in [0.25, 0.3) is 0 Å². The SMILES string of the molecule is N#Cc1c(C#N)c(C#N)c2c(c1C#N)c1ccc3ccccc3c1c1c3ccccc3cn21. The van der Waals surface area contributed by atoms with Crippen LogP contribution in [0.4, 0.5) is 0 Å². The number of hydrogen-bond donors (Lipinski definition) is 0. The average molecular weight is 417 g/mol. The lowest BCUT2D eigenvalue weighted by Gasteiger charge is -2.16. The van der Waals surface area contributed by atoms with Crippen LogP contribution in [0.2, 0.25) is 0 Å². The number of nitriles is 4. The molecule has 0 saturated carbocycles. The molecule has 0 aliphatic heterocycles. The normalized spacial score (nSPS) is 10.9. The molecule has 0 spiro atoms. The monoisotopic (exact) mass is 417 g/mol. The number of aromatic nitrogens is 1. The highest BCUT2D eigenvalue weighted by molar-refractivity contribution is 6.28. The molecule has 5 heteroatoms. The molecule has 0 radical (unpaired) electrons. The highest BCUT2D eigenvalue weighted by atomic mass is 14.9. The lowest BCUT2D eigenvalue weighted by Crippen LogP contribution is -2.02. The topological polar surface area (TPSA) is 99.6 Å². The fourth-order valence-electron chi connectivity index (χ4n) is 5.01. The Balaban J connectivity index is 2.14. The first-order chi connectivity index (χ1) is 16.2. The molecule has 5 nitrogen and oxygen atoms in total. The van der Waals surface area contributed by atoms with Gasteiger partial charge in [-0.05, 0) is 16.2 Å². The number of pyridine rings is 1. The van der Waals surface area contributed by atoms with Crippen molar-refractivity contribution in [3.63, 3.8) is 0 Å². The average Bonchev–Trinajstić information content (AvgIpc) is 3.26. The summed E-state index contributed by atoms with van der Waals surface area (Å²) in [5, 5.41) is 46.2. The van der Waals surface area contributed by atoms with Crippen LogP contribution in [0.25, 0.3) is 48.7 Å². The number of fused-ring (bicyclic) bond motifs is 10. The standard InChI is InChI=1S/C28H11N5/c29-11-21-22(12-30)24(14-32)28-26(23(21)13-31)20-10-9-16-5-1-3-7-18(16)25(20)27-19-8-4-2-6-17(19)15-33(27)28/h1-10,15H. The third kappa shape index (κ3) is 2.21. The summed E-state index contributed by atoms with van der Waals surface area (Å²) in [5.74, 6) is 0. The first-order valence-corrected chi connectivity index (χ1v) is 10.2. The van der Waals surface area contributed by atoms with E-state index in [1.807, 2.05) is 83.4 Å². The summed E-state index contributed by atoms with van der Waals surface area (Å²) in [5.41, 5.74) is 1.46. The minimum Gasteiger partial charge on any atom is -0.313 e. The molecule has 0 fully saturated rings. The number of hydrogen-bond acceptors (Lipinski definition) is 4. The quantitative estimate of drug-likeness (QED) is 0.281. The summed E-state index contributed by atoms with van der Waals surface area (Å²) in [6, 6.07) is 28.2. The van der Waals surface area contributed by atoms with Crippen molar-refractivity contribution >= 4 is 48.7 Å². The predicted molar refractivity (Wildman–Crippen MR) is 126 cm³/mol. The van der Waals surface area contributed by atoms with Crippen LogP contribution in [0.1, 0.15) is 22.3 Å². The van der Waals surface area contributed by atoms with Crippen molar-refractivity contribution in [2.24, 2.45) is 0 Å². The Morgan fingerprint density at radius 2 is 1.09 bits per heavy atom. The molecule has 2 heterocycles. The highest BCUT2D eigenvalue weighted by Crippen LogP contribution is 2.42. The van der Waals surface area contributed by atoms with Crippen molar-refractivity contribution in [2.75, 3.05) is 0 Å². The Kier molecular flexibility index (Phi) is 3.66. The summed E-state index contributed by atoms with van der Waals surface area (Å²) in [7, 11) is 0. The maximum Gasteiger partial charge on any atom is 0.103 e. The largest absolute Gasteiger partial charge is 0.313 e. The van der Waals surface area contributed by atoms with Crippen LogP contribution in [-0.2, 0) is 0 Å². The first-order valence-electron chi connectivity index (χ1n) is 10.2. The van der Waals surface area contributed by atoms with Crippen molar-refractivity contribution in [3.8, 4) is 24.3 Å². The van der Waals surface area contributed by atoms with E-state index in [0.717, 1.165) is 37.8 Å². The molecule has 0 unspecified atom stereocenters. The summed E-state index contributed by atoms with van der Waals surface area (Å²) in [6.07, 6.45) is 1.93. The van der Waals surface area contributed by atoms with E-state index < -0.39 is 0 Å². The fraction of sp³-hybridized carbons (Fsp3) is 0. The summed E-state index contributed by atoms with van der Waals surface area (Å²) in [4.78, 5) is 0. The maximum atomic E-state index is 10.1. The van der Waals surface area contributed by atoms with Gasteiger partial charge in [0.2, 0.25) is 0 Å². The van der Waals surface area contributed by atoms with Crippen LogP contribution in [0.5, 0.6) is 0 Å². The zero-order valence-corrected chi connectivity index (χ0v) is 17.1. The van der Waals surface area contributed by atoms with Gasteiger partial charge < -0.3 is 4.40 Å². The van der Waals surface area contributed by atoms with Crippen LogP contribution in [0.15, 0.2) is 66.9 Å². The number of rotatable bonds is 0. The van der Waals surface area contributed by atoms with Gasteiger partial charge in [-0.15, -0.1) is 0 Å². The molecule has 0 bridgehead atoms. The van der Waals surface area contributed by atoms with Gasteiger partial charge in [-0.25, -0.2) is 0 Å². The Morgan fingerprint density at radius 1 is 0.485 bits per heavy atom. The van der Waals surface area contributed by atoms with Gasteiger partial charge in [0, 0.05) is 27.7 Å². The molecule has 148 valence electrons. The Hall–Kier alpha value is -5.36. The van der Waals surface area contributed by atoms with Gasteiger partial charge in [-0.1, -0.05) is 60.7 Å². The van der Waals surface area contributed by atoms with Crippen molar-refractivity contribution in [1.29, 1.82) is 21.0 Å². The van der Waals surface area contributed by atoms with Gasteiger partial charge in [-0.3, -0.25) is 0 Å². The molecule has 0 N–H and O–H groups in total. The molecule has 0 aliphatic carbocycles. The van der Waals surface area contributed by atoms with E-state index in [-0.39, 0.29) is 22.3 Å². The number of nitrogens with zero attached hydrogens (tertiary/aromatic N) is 5. The molecule has 6 aromatic rings. The molecule has 0 saturated heterocycles. The minimum absolute atomic E-state index is 0.0606. The Labute approximate surface area is 187 Å². The van der Waals surface area contributed by atoms with E-state index >= 15 is 0 Å². The zero-order chi connectivity index (χ0) is 22.7. The second kappa shape index (κ2) is 6.57. The minimum atomic E-state index is -0.0664. The molecule has 0 aliphatic rings. The lowest BCUT2D eigenvalue weighted by atomic mass is 9.89. The number of benzene rings is 4. The molecule has 33 heavy (non-hydrogen) atoms. The van der Waals surface area contributed by atoms with Crippen LogP contribution in [-0.4, -0.2) is 4.40 Å². The smallest absolute Gasteiger partial charge is 0.103 e. The summed E-state index contributed by atoms with van der Waals surface area (Å²) >= 11 is 0. The molecule has 0 amide bonds. The van der Waals surface area contributed by atoms with Crippen molar-refractivity contribution < 1.29 is 0 Å². The Morgan fingerprint density at radius 3 is 1.79 bits per heavy atom. The van der Waals surface area contributed by atoms with Crippen LogP contribution >= 0.6 is 0 Å². The van der Waals surface area contributed by atoms with Crippen LogP contribution in [0, 0.1) is 45.3 Å². The van der Waals surface area contributed by atoms with Gasteiger partial charge in [0.1, 0.15) is 24.3 Å². The zero-order valence-electron chi connectivity index (χ0n) is 17.1. The molecule has 2 aromatic heterocycles. The molecular formula is C28H11N5. The second-order valence-electron chi connectivity index (χ2n) is 7.82. The summed E-state index contributed by atoms with van der Waals surface area (Å²) < 4.78 is 1.91. The van der Waals surface area contributed by atoms with E-state index in [2.05, 4.69) is 12.1 Å². The van der Waals surface area contributed by atoms with E-state index in [0.29, 0.717) is 10.9 Å². The van der Waals surface area contributed by atoms with Gasteiger partial charge in [0.15, 0.2) is 0 Å². The lowest BCUT2D eigenvalue weighted by molar-refractivity contribution is 1.27. The summed E-state index contributed by atoms with van der Waals surface area (Å²) in [6.45, 7) is 0. The molecule has 0 atom stereocenters. The van der Waals surface area contributed by atoms with E-state index in [1.165, 1.54) is 0 Å². The fourth-order valence-corrected chi connectivity index (χ4v) is 5.01. The molecule has 6 rings (SSSR count). The molecule has 4 aromatic carbocycles. The highest BCUT2D eigenvalue weighted by Gasteiger charge is 2.25. The van der Waals surface area contributed by atoms with Crippen molar-refractivity contribution in [3.05, 3.63) is 89.1 Å². The Bertz CT molecular complexity index is 2020. The van der Waals surface area contributed by atoms with Crippen molar-refractivity contribution in [1.82, 2.24) is 4.40 Å². The van der Waals surface area contributed by atoms with E-state index in [1.54, 1.807) is 0 Å². The third-order valence-corrected chi connectivity index (χ3v) is 6.32. The van der Waals surface area contributed by atoms with Gasteiger partial charge in [0.05, 0.1) is 33.3 Å². The third-order valence-electron chi connectivity index (χ3n) is 6.32. The van der Waals surface area contributed by atoms with Gasteiger partial charge >= 0.3 is 0 Å². The van der Waals surface area contributed by atoms with Crippen molar-refractivity contribution in [2.45, 2.75) is 0 Å². The van der Waals surface area contributed by atoms with Crippen LogP contribution in [0.3, 0.4) is 0 Å². The first kappa shape index (κ1) is 18.4. The maximum absolute atomic E-state index is 10.1. The van der Waals surface area contributed by atoms with Crippen LogP contribution < -0.4 is 0 Å². The second-order valence-corrected chi connectivity index (χ2v) is 7.82. The predicted octanol–water partition coefficient (Wildman–Crippen LogP) is 6.04. The van der Waals surface area contributed by atoms with Gasteiger partial charge in [-0.2, -0.15) is 21.0 Å². The molecular weight excluding hydrogens is 406 g/mol. The van der Waals surface area contributed by atoms with E-state index in [9.17, 15) is 21.0 Å².